The highest BCUT2D eigenvalue weighted by Crippen LogP contribution is 2.17. The average molecular weight is 280 g/mol. The lowest BCUT2D eigenvalue weighted by atomic mass is 10.3. The first-order valence-corrected chi connectivity index (χ1v) is 5.41. The summed E-state index contributed by atoms with van der Waals surface area (Å²) in [4.78, 5) is 32.7. The third-order valence-electron chi connectivity index (χ3n) is 2.13. The predicted octanol–water partition coefficient (Wildman–Crippen LogP) is 1.76. The molecule has 1 rings (SSSR count). The largest absolute Gasteiger partial charge is 0.504 e. The Bertz CT molecular complexity index is 550. The van der Waals surface area contributed by atoms with Gasteiger partial charge in [-0.15, -0.1) is 0 Å². The molecule has 0 aliphatic heterocycles. The summed E-state index contributed by atoms with van der Waals surface area (Å²) in [5.41, 5.74) is 0.0563. The molecule has 0 radical (unpaired) electrons. The molecule has 0 saturated heterocycles. The summed E-state index contributed by atoms with van der Waals surface area (Å²) in [5, 5.41) is 12.4. The molecule has 8 heteroatoms. The first-order chi connectivity index (χ1) is 9.43. The van der Waals surface area contributed by atoms with Gasteiger partial charge in [-0.3, -0.25) is 20.2 Å². The lowest BCUT2D eigenvalue weighted by molar-refractivity contribution is -0.384. The molecule has 0 atom stereocenters. The molecule has 0 unspecified atom stereocenters. The van der Waals surface area contributed by atoms with Gasteiger partial charge in [0.2, 0.25) is 0 Å². The molecule has 2 amide bonds. The second-order valence-corrected chi connectivity index (χ2v) is 3.63. The molecular formula is C12H12N2O6. The third kappa shape index (κ3) is 4.41. The fraction of sp³-hybridized carbons (Fsp3) is 0.167. The van der Waals surface area contributed by atoms with E-state index in [1.165, 1.54) is 44.6 Å². The Kier molecular flexibility index (Phi) is 5.21. The van der Waals surface area contributed by atoms with Gasteiger partial charge in [-0.25, -0.2) is 4.79 Å². The Morgan fingerprint density at radius 3 is 2.40 bits per heavy atom. The average Bonchev–Trinajstić information content (AvgIpc) is 2.39. The second kappa shape index (κ2) is 6.88. The fourth-order valence-electron chi connectivity index (χ4n) is 1.19. The van der Waals surface area contributed by atoms with E-state index in [2.05, 4.69) is 4.74 Å². The number of nitrogens with zero attached hydrogens (tertiary/aromatic N) is 1. The van der Waals surface area contributed by atoms with Gasteiger partial charge in [0.25, 0.3) is 11.6 Å². The van der Waals surface area contributed by atoms with Crippen LogP contribution in [0.3, 0.4) is 0 Å². The number of methoxy groups -OCH3 is 1. The van der Waals surface area contributed by atoms with Crippen LogP contribution >= 0.6 is 0 Å². The number of imide groups is 1. The van der Waals surface area contributed by atoms with Crippen molar-refractivity contribution < 1.29 is 24.0 Å². The normalized spacial score (nSPS) is 10.6. The van der Waals surface area contributed by atoms with Gasteiger partial charge in [-0.05, 0) is 19.1 Å². The van der Waals surface area contributed by atoms with E-state index in [1.54, 1.807) is 0 Å². The minimum Gasteiger partial charge on any atom is -0.504 e. The molecule has 1 aromatic rings. The molecule has 1 N–H and O–H groups in total. The molecule has 0 spiro atoms. The number of carbonyl (C=O) groups is 2. The molecule has 20 heavy (non-hydrogen) atoms. The number of hydrogen-bond donors (Lipinski definition) is 1. The van der Waals surface area contributed by atoms with Crippen molar-refractivity contribution in [2.45, 2.75) is 6.92 Å². The summed E-state index contributed by atoms with van der Waals surface area (Å²) in [6.45, 7) is 1.46. The second-order valence-electron chi connectivity index (χ2n) is 3.63. The van der Waals surface area contributed by atoms with Crippen LogP contribution in [0.1, 0.15) is 6.92 Å². The molecule has 8 nitrogen and oxygen atoms in total. The van der Waals surface area contributed by atoms with Crippen molar-refractivity contribution in [1.29, 1.82) is 0 Å². The molecule has 0 aliphatic rings. The fourth-order valence-corrected chi connectivity index (χ4v) is 1.19. The minimum absolute atomic E-state index is 0.0780. The molecule has 0 saturated carbocycles. The maximum Gasteiger partial charge on any atom is 0.419 e. The van der Waals surface area contributed by atoms with Gasteiger partial charge in [0.15, 0.2) is 0 Å². The number of rotatable bonds is 4. The summed E-state index contributed by atoms with van der Waals surface area (Å²) in [6.07, 6.45) is 0.182. The molecule has 1 aromatic carbocycles. The number of nitro groups is 1. The zero-order chi connectivity index (χ0) is 15.1. The lowest BCUT2D eigenvalue weighted by Crippen LogP contribution is -2.33. The van der Waals surface area contributed by atoms with Crippen LogP contribution in [0.25, 0.3) is 0 Å². The molecule has 0 bridgehead atoms. The van der Waals surface area contributed by atoms with Gasteiger partial charge >= 0.3 is 6.09 Å². The topological polar surface area (TPSA) is 108 Å². The van der Waals surface area contributed by atoms with Crippen molar-refractivity contribution >= 4 is 17.7 Å². The Labute approximate surface area is 114 Å². The van der Waals surface area contributed by atoms with Crippen LogP contribution in [-0.4, -0.2) is 24.0 Å². The number of nitrogens with one attached hydrogen (secondary N) is 1. The number of ether oxygens (including phenoxy) is 2. The Morgan fingerprint density at radius 1 is 1.30 bits per heavy atom. The number of non-ortho nitro benzene ring substituents is 1. The monoisotopic (exact) mass is 280 g/mol. The van der Waals surface area contributed by atoms with Gasteiger partial charge in [-0.1, -0.05) is 0 Å². The Balaban J connectivity index is 2.60. The summed E-state index contributed by atoms with van der Waals surface area (Å²) >= 11 is 0. The molecule has 0 aliphatic carbocycles. The Hall–Kier alpha value is -2.90. The summed E-state index contributed by atoms with van der Waals surface area (Å²) in [5.74, 6) is -0.590. The zero-order valence-electron chi connectivity index (χ0n) is 10.8. The highest BCUT2D eigenvalue weighted by Gasteiger charge is 2.12. The summed E-state index contributed by atoms with van der Waals surface area (Å²) < 4.78 is 9.41. The van der Waals surface area contributed by atoms with E-state index in [-0.39, 0.29) is 17.0 Å². The van der Waals surface area contributed by atoms with E-state index in [1.807, 2.05) is 5.32 Å². The predicted molar refractivity (Wildman–Crippen MR) is 68.0 cm³/mol. The molecule has 0 fully saturated rings. The van der Waals surface area contributed by atoms with E-state index in [0.29, 0.717) is 0 Å². The van der Waals surface area contributed by atoms with Crippen LogP contribution in [0.4, 0.5) is 10.5 Å². The van der Waals surface area contributed by atoms with Gasteiger partial charge in [-0.2, -0.15) is 0 Å². The van der Waals surface area contributed by atoms with Gasteiger partial charge in [0, 0.05) is 17.7 Å². The quantitative estimate of drug-likeness (QED) is 0.389. The maximum atomic E-state index is 11.4. The van der Waals surface area contributed by atoms with Crippen molar-refractivity contribution in [1.82, 2.24) is 5.32 Å². The van der Waals surface area contributed by atoms with Crippen LogP contribution in [0.2, 0.25) is 0 Å². The highest BCUT2D eigenvalue weighted by molar-refractivity contribution is 6.02. The molecule has 0 aromatic heterocycles. The number of amides is 2. The number of carbonyl (C=O) groups excluding carboxylic acids is 2. The van der Waals surface area contributed by atoms with Crippen LogP contribution in [0, 0.1) is 10.1 Å². The first-order valence-electron chi connectivity index (χ1n) is 5.41. The molecule has 0 heterocycles. The van der Waals surface area contributed by atoms with Gasteiger partial charge in [0.05, 0.1) is 18.3 Å². The van der Waals surface area contributed by atoms with E-state index in [0.717, 1.165) is 0 Å². The van der Waals surface area contributed by atoms with Crippen molar-refractivity contribution in [3.05, 3.63) is 46.2 Å². The van der Waals surface area contributed by atoms with Crippen LogP contribution in [0.15, 0.2) is 36.1 Å². The van der Waals surface area contributed by atoms with Gasteiger partial charge < -0.3 is 9.47 Å². The van der Waals surface area contributed by atoms with Crippen molar-refractivity contribution in [2.24, 2.45) is 0 Å². The number of hydrogen-bond acceptors (Lipinski definition) is 6. The molecular weight excluding hydrogens is 268 g/mol. The minimum atomic E-state index is -0.993. The van der Waals surface area contributed by atoms with Crippen molar-refractivity contribution in [3.8, 4) is 5.75 Å². The van der Waals surface area contributed by atoms with E-state index in [9.17, 15) is 19.7 Å². The number of nitro benzene ring substituents is 1. The highest BCUT2D eigenvalue weighted by atomic mass is 16.6. The van der Waals surface area contributed by atoms with E-state index >= 15 is 0 Å². The van der Waals surface area contributed by atoms with Crippen molar-refractivity contribution in [2.75, 3.05) is 7.11 Å². The van der Waals surface area contributed by atoms with Crippen LogP contribution in [0.5, 0.6) is 5.75 Å². The third-order valence-corrected chi connectivity index (χ3v) is 2.13. The maximum absolute atomic E-state index is 11.4. The first kappa shape index (κ1) is 15.2. The van der Waals surface area contributed by atoms with Crippen molar-refractivity contribution in [3.63, 3.8) is 0 Å². The van der Waals surface area contributed by atoms with E-state index in [4.69, 9.17) is 4.74 Å². The van der Waals surface area contributed by atoms with Crippen LogP contribution in [-0.2, 0) is 9.53 Å². The van der Waals surface area contributed by atoms with E-state index < -0.39 is 16.9 Å². The summed E-state index contributed by atoms with van der Waals surface area (Å²) in [6, 6.07) is 4.86. The standard InChI is InChI=1S/C12H12N2O6/c1-8(7-19-2)11(15)13-12(16)20-10-5-3-9(4-6-10)14(17)18/h3-7H,1-2H3,(H,13,15,16)/b8-7+. The Morgan fingerprint density at radius 2 is 1.90 bits per heavy atom. The summed E-state index contributed by atoms with van der Waals surface area (Å²) in [7, 11) is 1.37. The zero-order valence-corrected chi connectivity index (χ0v) is 10.8. The van der Waals surface area contributed by atoms with Gasteiger partial charge in [0.1, 0.15) is 5.75 Å². The SMILES string of the molecule is CO/C=C(\C)C(=O)NC(=O)Oc1ccc([N+](=O)[O-])cc1. The lowest BCUT2D eigenvalue weighted by Gasteiger charge is -2.05. The van der Waals surface area contributed by atoms with Crippen LogP contribution < -0.4 is 10.1 Å². The smallest absolute Gasteiger partial charge is 0.419 e. The molecule has 106 valence electrons. The number of benzene rings is 1.